The van der Waals surface area contributed by atoms with E-state index in [1.165, 1.54) is 22.7 Å². The minimum absolute atomic E-state index is 0.101. The Morgan fingerprint density at radius 1 is 1.04 bits per heavy atom. The molecule has 3 aliphatic rings. The summed E-state index contributed by atoms with van der Waals surface area (Å²) in [6, 6.07) is 14.0. The van der Waals surface area contributed by atoms with Crippen LogP contribution in [0.1, 0.15) is 49.7 Å². The molecule has 0 spiro atoms. The van der Waals surface area contributed by atoms with Crippen LogP contribution in [-0.2, 0) is 24.1 Å². The molecule has 2 N–H and O–H groups in total. The van der Waals surface area contributed by atoms with Crippen LogP contribution in [-0.4, -0.2) is 89.2 Å². The highest BCUT2D eigenvalue weighted by Crippen LogP contribution is 2.33. The third-order valence-electron chi connectivity index (χ3n) is 9.06. The number of aromatic nitrogens is 2. The van der Waals surface area contributed by atoms with E-state index in [1.54, 1.807) is 0 Å². The molecule has 0 radical (unpaired) electrons. The lowest BCUT2D eigenvalue weighted by Crippen LogP contribution is -2.48. The molecule has 4 heterocycles. The van der Waals surface area contributed by atoms with E-state index in [0.717, 1.165) is 71.0 Å². The van der Waals surface area contributed by atoms with Gasteiger partial charge in [0.15, 0.2) is 16.0 Å². The number of nitrogens with one attached hydrogen (secondary N) is 1. The summed E-state index contributed by atoms with van der Waals surface area (Å²) in [5.74, 6) is -0.343. The number of carboxylic acid groups (broad SMARTS) is 1. The molecule has 1 atom stereocenters. The summed E-state index contributed by atoms with van der Waals surface area (Å²) >= 11 is 2.87. The van der Waals surface area contributed by atoms with Crippen LogP contribution >= 0.6 is 22.7 Å². The number of anilines is 2. The number of nitrogens with zero attached hydrogens (tertiary/aromatic N) is 5. The second kappa shape index (κ2) is 13.9. The molecule has 10 nitrogen and oxygen atoms in total. The zero-order chi connectivity index (χ0) is 32.3. The normalized spacial score (nSPS) is 18.6. The molecular weight excluding hydrogens is 633 g/mol. The number of allylic oxidation sites excluding steroid dienone is 1. The lowest BCUT2D eigenvalue weighted by atomic mass is 9.94. The fourth-order valence-corrected chi connectivity index (χ4v) is 8.38. The number of hydrogen-bond donors (Lipinski definition) is 2. The fourth-order valence-electron chi connectivity index (χ4n) is 6.40. The zero-order valence-electron chi connectivity index (χ0n) is 26.4. The molecule has 1 unspecified atom stereocenters. The molecule has 1 saturated heterocycles. The number of thiazole rings is 2. The summed E-state index contributed by atoms with van der Waals surface area (Å²) in [5.41, 5.74) is 3.60. The Morgan fingerprint density at radius 2 is 1.89 bits per heavy atom. The molecule has 4 aromatic rings. The summed E-state index contributed by atoms with van der Waals surface area (Å²) in [6.07, 6.45) is 9.42. The molecule has 1 amide bonds. The topological polar surface area (TPSA) is 111 Å². The number of aryl methyl sites for hydroxylation is 1. The van der Waals surface area contributed by atoms with Gasteiger partial charge in [0.25, 0.3) is 5.91 Å². The van der Waals surface area contributed by atoms with Crippen LogP contribution in [0.3, 0.4) is 0 Å². The van der Waals surface area contributed by atoms with Crippen LogP contribution in [0.4, 0.5) is 10.3 Å². The number of carbonyl (C=O) groups excluding carboxylic acids is 1. The number of carbonyl (C=O) groups is 2. The number of benzene rings is 2. The van der Waals surface area contributed by atoms with Crippen molar-refractivity contribution in [3.05, 3.63) is 93.7 Å². The maximum atomic E-state index is 13.4. The Kier molecular flexibility index (Phi) is 9.34. The highest BCUT2D eigenvalue weighted by molar-refractivity contribution is 7.22. The van der Waals surface area contributed by atoms with E-state index in [-0.39, 0.29) is 11.6 Å². The van der Waals surface area contributed by atoms with Crippen molar-refractivity contribution in [3.8, 4) is 0 Å². The second-order valence-electron chi connectivity index (χ2n) is 12.2. The van der Waals surface area contributed by atoms with Gasteiger partial charge in [0, 0.05) is 55.8 Å². The van der Waals surface area contributed by atoms with Gasteiger partial charge < -0.3 is 19.6 Å². The van der Waals surface area contributed by atoms with E-state index in [2.05, 4.69) is 61.3 Å². The van der Waals surface area contributed by atoms with Gasteiger partial charge in [0.2, 0.25) is 0 Å². The molecule has 2 aliphatic heterocycles. The number of ether oxygens (including phenoxy) is 1. The van der Waals surface area contributed by atoms with Gasteiger partial charge in [-0.25, -0.2) is 14.8 Å². The predicted octanol–water partition coefficient (Wildman–Crippen LogP) is 5.68. The van der Waals surface area contributed by atoms with Crippen molar-refractivity contribution in [1.82, 2.24) is 19.8 Å². The van der Waals surface area contributed by atoms with Gasteiger partial charge in [0.1, 0.15) is 5.76 Å². The molecule has 12 heteroatoms. The minimum Gasteiger partial charge on any atom is -0.494 e. The average molecular weight is 671 g/mol. The summed E-state index contributed by atoms with van der Waals surface area (Å²) in [6.45, 7) is 6.05. The lowest BCUT2D eigenvalue weighted by molar-refractivity contribution is 0.0689. The number of amides is 1. The van der Waals surface area contributed by atoms with Gasteiger partial charge in [-0.3, -0.25) is 15.0 Å². The average Bonchev–Trinajstić information content (AvgIpc) is 3.71. The summed E-state index contributed by atoms with van der Waals surface area (Å²) in [5, 5.41) is 14.2. The van der Waals surface area contributed by atoms with Crippen molar-refractivity contribution in [1.29, 1.82) is 0 Å². The smallest absolute Gasteiger partial charge is 0.355 e. The summed E-state index contributed by atoms with van der Waals surface area (Å²) in [4.78, 5) is 42.4. The van der Waals surface area contributed by atoms with E-state index in [4.69, 9.17) is 4.74 Å². The number of carboxylic acids is 1. The van der Waals surface area contributed by atoms with Crippen molar-refractivity contribution in [2.75, 3.05) is 56.6 Å². The molecule has 1 aliphatic carbocycles. The number of hydrogen-bond acceptors (Lipinski definition) is 10. The largest absolute Gasteiger partial charge is 0.494 e. The minimum atomic E-state index is -1.02. The highest BCUT2D eigenvalue weighted by atomic mass is 32.1. The fraction of sp³-hybridized carbons (Fsp3) is 0.371. The zero-order valence-corrected chi connectivity index (χ0v) is 28.0. The highest BCUT2D eigenvalue weighted by Gasteiger charge is 2.27. The van der Waals surface area contributed by atoms with E-state index >= 15 is 0 Å². The summed E-state index contributed by atoms with van der Waals surface area (Å²) in [7, 11) is 2.17. The van der Waals surface area contributed by atoms with Gasteiger partial charge in [-0.05, 0) is 74.2 Å². The maximum Gasteiger partial charge on any atom is 0.355 e. The molecular formula is C35H38N6O4S2. The van der Waals surface area contributed by atoms with Crippen molar-refractivity contribution in [3.63, 3.8) is 0 Å². The molecule has 2 aromatic carbocycles. The standard InChI is InChI=1S/C35H38N6O4S2/c1-39-17-19-40(20-18-39)24-11-13-25(14-12-24)45-21-5-10-30-31(33(43)44)37-35(47-30)41-16-15-23-6-4-7-26(27(23)22-41)32(42)38-34-36-28-8-2-3-9-29(28)46-34/h2-4,6-9,11,13-14,24H,5,10,12,15-22H2,1H3,(H,43,44)(H,36,38,42). The van der Waals surface area contributed by atoms with Crippen molar-refractivity contribution in [2.24, 2.45) is 0 Å². The molecule has 1 fully saturated rings. The predicted molar refractivity (Wildman–Crippen MR) is 187 cm³/mol. The maximum absolute atomic E-state index is 13.4. The van der Waals surface area contributed by atoms with Gasteiger partial charge in [-0.2, -0.15) is 0 Å². The Morgan fingerprint density at radius 3 is 2.68 bits per heavy atom. The third kappa shape index (κ3) is 7.10. The number of para-hydroxylation sites is 1. The molecule has 0 bridgehead atoms. The van der Waals surface area contributed by atoms with Crippen LogP contribution in [0.5, 0.6) is 0 Å². The second-order valence-corrected chi connectivity index (χ2v) is 14.3. The molecule has 47 heavy (non-hydrogen) atoms. The van der Waals surface area contributed by atoms with Crippen molar-refractivity contribution < 1.29 is 19.4 Å². The first-order valence-electron chi connectivity index (χ1n) is 16.1. The third-order valence-corrected chi connectivity index (χ3v) is 11.2. The van der Waals surface area contributed by atoms with Crippen LogP contribution in [0.15, 0.2) is 66.5 Å². The van der Waals surface area contributed by atoms with E-state index < -0.39 is 5.97 Å². The number of aromatic carboxylic acids is 1. The summed E-state index contributed by atoms with van der Waals surface area (Å²) < 4.78 is 7.06. The molecule has 244 valence electrons. The number of piperazine rings is 1. The van der Waals surface area contributed by atoms with E-state index in [1.807, 2.05) is 36.4 Å². The monoisotopic (exact) mass is 670 g/mol. The quantitative estimate of drug-likeness (QED) is 0.206. The number of likely N-dealkylation sites (N-methyl/N-ethyl adjacent to an activating group) is 1. The van der Waals surface area contributed by atoms with Crippen molar-refractivity contribution in [2.45, 2.75) is 38.3 Å². The van der Waals surface area contributed by atoms with Crippen LogP contribution in [0.2, 0.25) is 0 Å². The van der Waals surface area contributed by atoms with Crippen LogP contribution < -0.4 is 10.2 Å². The van der Waals surface area contributed by atoms with E-state index in [0.29, 0.717) is 54.4 Å². The first kappa shape index (κ1) is 31.5. The van der Waals surface area contributed by atoms with Crippen LogP contribution in [0, 0.1) is 0 Å². The SMILES string of the molecule is CN1CCN(C2C=CC(OCCCc3sc(N4CCc5cccc(C(=O)Nc6nc7ccccc7s6)c5C4)nc3C(=O)O)=CC2)CC1. The molecule has 7 rings (SSSR count). The van der Waals surface area contributed by atoms with Crippen molar-refractivity contribution >= 4 is 55.0 Å². The number of fused-ring (bicyclic) bond motifs is 2. The van der Waals surface area contributed by atoms with Gasteiger partial charge >= 0.3 is 5.97 Å². The molecule has 0 saturated carbocycles. The van der Waals surface area contributed by atoms with Gasteiger partial charge in [-0.1, -0.05) is 41.7 Å². The Balaban J connectivity index is 0.968. The van der Waals surface area contributed by atoms with Gasteiger partial charge in [0.05, 0.1) is 16.8 Å². The first-order valence-corrected chi connectivity index (χ1v) is 17.7. The Bertz CT molecular complexity index is 1810. The van der Waals surface area contributed by atoms with E-state index in [9.17, 15) is 14.7 Å². The lowest BCUT2D eigenvalue weighted by Gasteiger charge is -2.37. The molecule has 2 aromatic heterocycles. The first-order chi connectivity index (χ1) is 22.9. The Labute approximate surface area is 282 Å². The Hall–Kier alpha value is -4.10. The van der Waals surface area contributed by atoms with Gasteiger partial charge in [-0.15, -0.1) is 11.3 Å². The van der Waals surface area contributed by atoms with Crippen LogP contribution in [0.25, 0.3) is 10.2 Å². The number of rotatable bonds is 10.